The summed E-state index contributed by atoms with van der Waals surface area (Å²) in [6.45, 7) is 7.73. The fourth-order valence-corrected chi connectivity index (χ4v) is 0.776. The highest BCUT2D eigenvalue weighted by molar-refractivity contribution is 5.02. The summed E-state index contributed by atoms with van der Waals surface area (Å²) in [4.78, 5) is 4.10. The lowest BCUT2D eigenvalue weighted by atomic mass is 9.89. The van der Waals surface area contributed by atoms with Gasteiger partial charge in [0.2, 0.25) is 5.89 Å². The lowest BCUT2D eigenvalue weighted by Crippen LogP contribution is -2.39. The van der Waals surface area contributed by atoms with E-state index in [0.29, 0.717) is 11.7 Å². The van der Waals surface area contributed by atoms with Gasteiger partial charge >= 0.3 is 0 Å². The third-order valence-electron chi connectivity index (χ3n) is 2.21. The van der Waals surface area contributed by atoms with Gasteiger partial charge in [0.15, 0.2) is 5.82 Å². The van der Waals surface area contributed by atoms with Gasteiger partial charge < -0.3 is 10.3 Å². The summed E-state index contributed by atoms with van der Waals surface area (Å²) in [7, 11) is 0. The fraction of sp³-hybridized carbons (Fsp3) is 0.750. The molecule has 0 radical (unpaired) electrons. The molecular formula is C8H15N3O. The number of rotatable bonds is 2. The zero-order valence-electron chi connectivity index (χ0n) is 7.96. The van der Waals surface area contributed by atoms with Crippen molar-refractivity contribution in [3.63, 3.8) is 0 Å². The second-order valence-electron chi connectivity index (χ2n) is 3.57. The Balaban J connectivity index is 2.97. The summed E-state index contributed by atoms with van der Waals surface area (Å²) in [5.74, 6) is 1.42. The van der Waals surface area contributed by atoms with E-state index in [1.54, 1.807) is 6.92 Å². The Bertz CT molecular complexity index is 265. The van der Waals surface area contributed by atoms with Crippen LogP contribution in [0.4, 0.5) is 0 Å². The van der Waals surface area contributed by atoms with Crippen molar-refractivity contribution >= 4 is 0 Å². The van der Waals surface area contributed by atoms with Crippen LogP contribution in [-0.2, 0) is 5.54 Å². The van der Waals surface area contributed by atoms with E-state index in [0.717, 1.165) is 0 Å². The Labute approximate surface area is 72.1 Å². The Morgan fingerprint density at radius 1 is 1.50 bits per heavy atom. The van der Waals surface area contributed by atoms with E-state index >= 15 is 0 Å². The SMILES string of the molecule is Cc1nc(C(C)(N)C(C)C)no1. The van der Waals surface area contributed by atoms with E-state index in [9.17, 15) is 0 Å². The summed E-state index contributed by atoms with van der Waals surface area (Å²) in [6, 6.07) is 0. The van der Waals surface area contributed by atoms with Crippen molar-refractivity contribution in [1.29, 1.82) is 0 Å². The summed E-state index contributed by atoms with van der Waals surface area (Å²) in [6.07, 6.45) is 0. The van der Waals surface area contributed by atoms with E-state index < -0.39 is 5.54 Å². The maximum atomic E-state index is 6.01. The molecule has 0 aliphatic heterocycles. The number of hydrogen-bond acceptors (Lipinski definition) is 4. The minimum Gasteiger partial charge on any atom is -0.340 e. The molecule has 12 heavy (non-hydrogen) atoms. The quantitative estimate of drug-likeness (QED) is 0.722. The second kappa shape index (κ2) is 2.86. The van der Waals surface area contributed by atoms with Crippen molar-refractivity contribution in [2.45, 2.75) is 33.2 Å². The predicted octanol–water partition coefficient (Wildman–Crippen LogP) is 1.21. The first-order valence-corrected chi connectivity index (χ1v) is 4.04. The standard InChI is InChI=1S/C8H15N3O/c1-5(2)8(4,9)7-10-6(3)12-11-7/h5H,9H2,1-4H3. The van der Waals surface area contributed by atoms with Crippen molar-refractivity contribution in [2.24, 2.45) is 11.7 Å². The zero-order chi connectivity index (χ0) is 9.35. The van der Waals surface area contributed by atoms with Crippen molar-refractivity contribution < 1.29 is 4.52 Å². The van der Waals surface area contributed by atoms with Gasteiger partial charge in [-0.3, -0.25) is 0 Å². The fourth-order valence-electron chi connectivity index (χ4n) is 0.776. The Hall–Kier alpha value is -0.900. The summed E-state index contributed by atoms with van der Waals surface area (Å²) < 4.78 is 4.86. The maximum absolute atomic E-state index is 6.01. The topological polar surface area (TPSA) is 64.9 Å². The Kier molecular flexibility index (Phi) is 2.19. The van der Waals surface area contributed by atoms with E-state index in [1.807, 2.05) is 20.8 Å². The van der Waals surface area contributed by atoms with Gasteiger partial charge in [-0.1, -0.05) is 19.0 Å². The zero-order valence-corrected chi connectivity index (χ0v) is 7.96. The molecule has 4 heteroatoms. The molecule has 0 aliphatic rings. The van der Waals surface area contributed by atoms with Crippen LogP contribution >= 0.6 is 0 Å². The third-order valence-corrected chi connectivity index (χ3v) is 2.21. The molecule has 0 bridgehead atoms. The van der Waals surface area contributed by atoms with Gasteiger partial charge in [0.25, 0.3) is 0 Å². The normalized spacial score (nSPS) is 16.5. The molecule has 2 N–H and O–H groups in total. The molecule has 0 aromatic carbocycles. The van der Waals surface area contributed by atoms with Crippen LogP contribution in [0.15, 0.2) is 4.52 Å². The molecule has 1 unspecified atom stereocenters. The molecule has 4 nitrogen and oxygen atoms in total. The van der Waals surface area contributed by atoms with Gasteiger partial charge in [-0.05, 0) is 12.8 Å². The first-order valence-electron chi connectivity index (χ1n) is 4.04. The van der Waals surface area contributed by atoms with E-state index in [-0.39, 0.29) is 5.92 Å². The van der Waals surface area contributed by atoms with Gasteiger partial charge in [0.05, 0.1) is 5.54 Å². The molecule has 0 saturated heterocycles. The first-order chi connectivity index (χ1) is 5.44. The van der Waals surface area contributed by atoms with E-state index in [1.165, 1.54) is 0 Å². The maximum Gasteiger partial charge on any atom is 0.223 e. The molecule has 0 amide bonds. The molecular weight excluding hydrogens is 154 g/mol. The van der Waals surface area contributed by atoms with Crippen LogP contribution in [0, 0.1) is 12.8 Å². The molecule has 0 aliphatic carbocycles. The third kappa shape index (κ3) is 1.48. The minimum atomic E-state index is -0.502. The van der Waals surface area contributed by atoms with E-state index in [4.69, 9.17) is 10.3 Å². The molecule has 1 rings (SSSR count). The Morgan fingerprint density at radius 3 is 2.42 bits per heavy atom. The number of nitrogens with two attached hydrogens (primary N) is 1. The Morgan fingerprint density at radius 2 is 2.08 bits per heavy atom. The van der Waals surface area contributed by atoms with Crippen LogP contribution in [0.1, 0.15) is 32.5 Å². The van der Waals surface area contributed by atoms with E-state index in [2.05, 4.69) is 10.1 Å². The van der Waals surface area contributed by atoms with Crippen LogP contribution in [-0.4, -0.2) is 10.1 Å². The monoisotopic (exact) mass is 169 g/mol. The lowest BCUT2D eigenvalue weighted by molar-refractivity contribution is 0.307. The minimum absolute atomic E-state index is 0.287. The molecule has 68 valence electrons. The second-order valence-corrected chi connectivity index (χ2v) is 3.57. The van der Waals surface area contributed by atoms with Crippen LogP contribution in [0.5, 0.6) is 0 Å². The van der Waals surface area contributed by atoms with Gasteiger partial charge in [-0.25, -0.2) is 0 Å². The van der Waals surface area contributed by atoms with Gasteiger partial charge in [0, 0.05) is 6.92 Å². The van der Waals surface area contributed by atoms with Crippen LogP contribution in [0.2, 0.25) is 0 Å². The van der Waals surface area contributed by atoms with Crippen molar-refractivity contribution in [3.8, 4) is 0 Å². The summed E-state index contributed by atoms with van der Waals surface area (Å²) in [5.41, 5.74) is 5.51. The average Bonchev–Trinajstić information content (AvgIpc) is 2.35. The largest absolute Gasteiger partial charge is 0.340 e. The van der Waals surface area contributed by atoms with Gasteiger partial charge in [0.1, 0.15) is 0 Å². The first kappa shape index (κ1) is 9.19. The number of aromatic nitrogens is 2. The van der Waals surface area contributed by atoms with Crippen LogP contribution in [0.3, 0.4) is 0 Å². The average molecular weight is 169 g/mol. The van der Waals surface area contributed by atoms with Gasteiger partial charge in [-0.2, -0.15) is 4.98 Å². The molecule has 1 heterocycles. The summed E-state index contributed by atoms with van der Waals surface area (Å²) >= 11 is 0. The van der Waals surface area contributed by atoms with Crippen molar-refractivity contribution in [2.75, 3.05) is 0 Å². The van der Waals surface area contributed by atoms with Crippen molar-refractivity contribution in [1.82, 2.24) is 10.1 Å². The lowest BCUT2D eigenvalue weighted by Gasteiger charge is -2.24. The smallest absolute Gasteiger partial charge is 0.223 e. The molecule has 0 fully saturated rings. The highest BCUT2D eigenvalue weighted by atomic mass is 16.5. The van der Waals surface area contributed by atoms with Crippen LogP contribution < -0.4 is 5.73 Å². The number of nitrogens with zero attached hydrogens (tertiary/aromatic N) is 2. The molecule has 0 saturated carbocycles. The molecule has 1 atom stereocenters. The summed E-state index contributed by atoms with van der Waals surface area (Å²) in [5, 5.41) is 3.80. The van der Waals surface area contributed by atoms with Gasteiger partial charge in [-0.15, -0.1) is 0 Å². The van der Waals surface area contributed by atoms with Crippen molar-refractivity contribution in [3.05, 3.63) is 11.7 Å². The highest BCUT2D eigenvalue weighted by Crippen LogP contribution is 2.22. The number of aryl methyl sites for hydroxylation is 1. The van der Waals surface area contributed by atoms with Crippen LogP contribution in [0.25, 0.3) is 0 Å². The molecule has 0 spiro atoms. The molecule has 1 aromatic heterocycles. The molecule has 1 aromatic rings. The predicted molar refractivity (Wildman–Crippen MR) is 45.4 cm³/mol. The number of hydrogen-bond donors (Lipinski definition) is 1. The highest BCUT2D eigenvalue weighted by Gasteiger charge is 2.30.